The topological polar surface area (TPSA) is 55.6 Å². The number of aryl methyl sites for hydroxylation is 1. The fourth-order valence-electron chi connectivity index (χ4n) is 2.73. The first-order valence-corrected chi connectivity index (χ1v) is 7.91. The summed E-state index contributed by atoms with van der Waals surface area (Å²) in [5.74, 6) is 0.383. The maximum absolute atomic E-state index is 11.0. The number of anilines is 1. The van der Waals surface area contributed by atoms with Crippen LogP contribution >= 0.6 is 11.6 Å². The van der Waals surface area contributed by atoms with Gasteiger partial charge in [-0.05, 0) is 19.1 Å². The molecule has 0 aromatic heterocycles. The van der Waals surface area contributed by atoms with Crippen LogP contribution in [0.5, 0.6) is 0 Å². The first-order valence-electron chi connectivity index (χ1n) is 7.37. The zero-order valence-electron chi connectivity index (χ0n) is 12.7. The van der Waals surface area contributed by atoms with Crippen molar-refractivity contribution in [3.8, 4) is 0 Å². The lowest BCUT2D eigenvalue weighted by atomic mass is 10.1. The largest absolute Gasteiger partial charge is 0.348 e. The van der Waals surface area contributed by atoms with Crippen LogP contribution in [0.25, 0.3) is 0 Å². The molecule has 2 aromatic carbocycles. The van der Waals surface area contributed by atoms with Crippen LogP contribution in [0.2, 0.25) is 0 Å². The SMILES string of the molecule is Cc1ccc(N2C[C@@H](CCl)O[C@@H]2c2cccc([N+](=O)[O-])c2)cc1. The van der Waals surface area contributed by atoms with Crippen molar-refractivity contribution < 1.29 is 9.66 Å². The Morgan fingerprint density at radius 2 is 2.04 bits per heavy atom. The summed E-state index contributed by atoms with van der Waals surface area (Å²) in [6, 6.07) is 14.7. The first-order chi connectivity index (χ1) is 11.1. The molecule has 5 nitrogen and oxygen atoms in total. The van der Waals surface area contributed by atoms with E-state index in [2.05, 4.69) is 4.90 Å². The third-order valence-electron chi connectivity index (χ3n) is 3.91. The summed E-state index contributed by atoms with van der Waals surface area (Å²) in [7, 11) is 0. The number of nitro groups is 1. The van der Waals surface area contributed by atoms with Crippen LogP contribution in [-0.2, 0) is 4.74 Å². The number of hydrogen-bond acceptors (Lipinski definition) is 4. The van der Waals surface area contributed by atoms with Gasteiger partial charge in [-0.25, -0.2) is 0 Å². The Morgan fingerprint density at radius 1 is 1.30 bits per heavy atom. The van der Waals surface area contributed by atoms with Crippen LogP contribution in [0.4, 0.5) is 11.4 Å². The van der Waals surface area contributed by atoms with E-state index in [-0.39, 0.29) is 18.0 Å². The van der Waals surface area contributed by atoms with Gasteiger partial charge in [0.1, 0.15) is 0 Å². The van der Waals surface area contributed by atoms with Crippen LogP contribution in [0.15, 0.2) is 48.5 Å². The Hall–Kier alpha value is -2.11. The lowest BCUT2D eigenvalue weighted by Crippen LogP contribution is -2.24. The van der Waals surface area contributed by atoms with Gasteiger partial charge in [0.25, 0.3) is 5.69 Å². The van der Waals surface area contributed by atoms with E-state index in [1.807, 2.05) is 37.3 Å². The Balaban J connectivity index is 1.95. The maximum Gasteiger partial charge on any atom is 0.269 e. The molecule has 0 unspecified atom stereocenters. The van der Waals surface area contributed by atoms with Crippen molar-refractivity contribution in [2.24, 2.45) is 0 Å². The van der Waals surface area contributed by atoms with Gasteiger partial charge in [0, 0.05) is 29.9 Å². The second kappa shape index (κ2) is 6.56. The van der Waals surface area contributed by atoms with E-state index in [0.29, 0.717) is 12.4 Å². The number of rotatable bonds is 4. The van der Waals surface area contributed by atoms with Gasteiger partial charge in [-0.3, -0.25) is 10.1 Å². The molecule has 120 valence electrons. The molecule has 0 N–H and O–H groups in total. The van der Waals surface area contributed by atoms with E-state index < -0.39 is 4.92 Å². The molecule has 1 saturated heterocycles. The van der Waals surface area contributed by atoms with Crippen LogP contribution in [-0.4, -0.2) is 23.5 Å². The van der Waals surface area contributed by atoms with E-state index in [4.69, 9.17) is 16.3 Å². The van der Waals surface area contributed by atoms with E-state index in [1.165, 1.54) is 11.6 Å². The highest BCUT2D eigenvalue weighted by molar-refractivity contribution is 6.18. The van der Waals surface area contributed by atoms with Gasteiger partial charge in [0.05, 0.1) is 16.9 Å². The van der Waals surface area contributed by atoms with Gasteiger partial charge in [0.2, 0.25) is 0 Å². The summed E-state index contributed by atoms with van der Waals surface area (Å²) in [4.78, 5) is 12.7. The number of hydrogen-bond donors (Lipinski definition) is 0. The molecule has 1 heterocycles. The minimum Gasteiger partial charge on any atom is -0.348 e. The normalized spacial score (nSPS) is 20.7. The van der Waals surface area contributed by atoms with Crippen LogP contribution in [0.3, 0.4) is 0 Å². The molecule has 2 aromatic rings. The zero-order chi connectivity index (χ0) is 16.4. The van der Waals surface area contributed by atoms with Crippen molar-refractivity contribution in [1.29, 1.82) is 0 Å². The Bertz CT molecular complexity index is 705. The van der Waals surface area contributed by atoms with Gasteiger partial charge in [0.15, 0.2) is 6.23 Å². The third-order valence-corrected chi connectivity index (χ3v) is 4.25. The smallest absolute Gasteiger partial charge is 0.269 e. The van der Waals surface area contributed by atoms with Crippen molar-refractivity contribution in [3.05, 3.63) is 69.8 Å². The molecule has 1 aliphatic rings. The molecule has 1 aliphatic heterocycles. The van der Waals surface area contributed by atoms with Crippen LogP contribution < -0.4 is 4.90 Å². The highest BCUT2D eigenvalue weighted by Gasteiger charge is 2.34. The monoisotopic (exact) mass is 332 g/mol. The standard InChI is InChI=1S/C17H17ClN2O3/c1-12-5-7-14(8-6-12)19-11-16(10-18)23-17(19)13-3-2-4-15(9-13)20(21)22/h2-9,16-17H,10-11H2,1H3/t16-,17-/m1/s1. The van der Waals surface area contributed by atoms with Gasteiger partial charge in [-0.15, -0.1) is 11.6 Å². The molecule has 3 rings (SSSR count). The Morgan fingerprint density at radius 3 is 2.70 bits per heavy atom. The quantitative estimate of drug-likeness (QED) is 0.481. The fourth-order valence-corrected chi connectivity index (χ4v) is 2.90. The summed E-state index contributed by atoms with van der Waals surface area (Å²) in [5, 5.41) is 11.0. The summed E-state index contributed by atoms with van der Waals surface area (Å²) >= 11 is 5.96. The van der Waals surface area contributed by atoms with Crippen molar-refractivity contribution in [1.82, 2.24) is 0 Å². The van der Waals surface area contributed by atoms with Gasteiger partial charge in [-0.1, -0.05) is 29.8 Å². The number of ether oxygens (including phenoxy) is 1. The molecule has 0 radical (unpaired) electrons. The second-order valence-corrected chi connectivity index (χ2v) is 5.91. The van der Waals surface area contributed by atoms with Gasteiger partial charge < -0.3 is 9.64 Å². The van der Waals surface area contributed by atoms with Crippen LogP contribution in [0.1, 0.15) is 17.4 Å². The highest BCUT2D eigenvalue weighted by atomic mass is 35.5. The molecular weight excluding hydrogens is 316 g/mol. The third kappa shape index (κ3) is 3.30. The summed E-state index contributed by atoms with van der Waals surface area (Å²) < 4.78 is 6.00. The Labute approximate surface area is 139 Å². The van der Waals surface area contributed by atoms with Gasteiger partial charge in [-0.2, -0.15) is 0 Å². The number of nitrogens with zero attached hydrogens (tertiary/aromatic N) is 2. The van der Waals surface area contributed by atoms with Crippen LogP contribution in [0, 0.1) is 17.0 Å². The average Bonchev–Trinajstić information content (AvgIpc) is 3.00. The number of alkyl halides is 1. The molecule has 0 aliphatic carbocycles. The zero-order valence-corrected chi connectivity index (χ0v) is 13.4. The lowest BCUT2D eigenvalue weighted by Gasteiger charge is -2.25. The fraction of sp³-hybridized carbons (Fsp3) is 0.294. The molecule has 6 heteroatoms. The molecule has 0 spiro atoms. The molecule has 23 heavy (non-hydrogen) atoms. The maximum atomic E-state index is 11.0. The lowest BCUT2D eigenvalue weighted by molar-refractivity contribution is -0.385. The number of benzene rings is 2. The number of halogens is 1. The minimum atomic E-state index is -0.395. The van der Waals surface area contributed by atoms with Gasteiger partial charge >= 0.3 is 0 Å². The predicted octanol–water partition coefficient (Wildman–Crippen LogP) is 4.05. The average molecular weight is 333 g/mol. The predicted molar refractivity (Wildman–Crippen MR) is 90.0 cm³/mol. The van der Waals surface area contributed by atoms with Crippen molar-refractivity contribution in [3.63, 3.8) is 0 Å². The summed E-state index contributed by atoms with van der Waals surface area (Å²) in [6.45, 7) is 2.68. The van der Waals surface area contributed by atoms with Crippen molar-refractivity contribution in [2.75, 3.05) is 17.3 Å². The number of nitro benzene ring substituents is 1. The van der Waals surface area contributed by atoms with E-state index in [9.17, 15) is 10.1 Å². The second-order valence-electron chi connectivity index (χ2n) is 5.60. The highest BCUT2D eigenvalue weighted by Crippen LogP contribution is 2.36. The molecule has 1 fully saturated rings. The molecule has 0 bridgehead atoms. The van der Waals surface area contributed by atoms with Crippen molar-refractivity contribution in [2.45, 2.75) is 19.3 Å². The Kier molecular flexibility index (Phi) is 4.50. The van der Waals surface area contributed by atoms with E-state index in [1.54, 1.807) is 12.1 Å². The minimum absolute atomic E-state index is 0.0595. The molecule has 0 saturated carbocycles. The molecular formula is C17H17ClN2O3. The molecule has 2 atom stereocenters. The van der Waals surface area contributed by atoms with E-state index in [0.717, 1.165) is 11.3 Å². The van der Waals surface area contributed by atoms with Crippen molar-refractivity contribution >= 4 is 23.0 Å². The summed E-state index contributed by atoms with van der Waals surface area (Å²) in [6.07, 6.45) is -0.483. The number of non-ortho nitro benzene ring substituents is 1. The first kappa shape index (κ1) is 15.8. The van der Waals surface area contributed by atoms with E-state index >= 15 is 0 Å². The molecule has 0 amide bonds. The summed E-state index contributed by atoms with van der Waals surface area (Å²) in [5.41, 5.74) is 3.01.